The third-order valence-corrected chi connectivity index (χ3v) is 4.79. The average Bonchev–Trinajstić information content (AvgIpc) is 2.61. The molecular formula is C15H29N. The summed E-state index contributed by atoms with van der Waals surface area (Å²) >= 11 is 0. The monoisotopic (exact) mass is 223 g/mol. The van der Waals surface area contributed by atoms with Gasteiger partial charge in [-0.25, -0.2) is 0 Å². The van der Waals surface area contributed by atoms with E-state index in [4.69, 9.17) is 0 Å². The molecule has 0 bridgehead atoms. The van der Waals surface area contributed by atoms with E-state index in [2.05, 4.69) is 39.5 Å². The standard InChI is InChI=1S/C15H29N/c1-11(2)16-10-9-12-7-6-8-13(12)14(16)15(3,4)5/h11-14H,6-10H2,1-5H3. The second-order valence-electron chi connectivity index (χ2n) is 7.29. The highest BCUT2D eigenvalue weighted by Crippen LogP contribution is 2.47. The summed E-state index contributed by atoms with van der Waals surface area (Å²) in [6.07, 6.45) is 5.92. The maximum Gasteiger partial charge on any atom is 0.0177 e. The van der Waals surface area contributed by atoms with Gasteiger partial charge in [0.05, 0.1) is 0 Å². The van der Waals surface area contributed by atoms with Crippen LogP contribution in [0.25, 0.3) is 0 Å². The van der Waals surface area contributed by atoms with Crippen LogP contribution in [0.3, 0.4) is 0 Å². The summed E-state index contributed by atoms with van der Waals surface area (Å²) in [4.78, 5) is 2.78. The first-order valence-electron chi connectivity index (χ1n) is 7.17. The molecule has 2 rings (SSSR count). The summed E-state index contributed by atoms with van der Waals surface area (Å²) in [7, 11) is 0. The molecule has 0 aromatic carbocycles. The minimum Gasteiger partial charge on any atom is -0.297 e. The van der Waals surface area contributed by atoms with Gasteiger partial charge in [-0.2, -0.15) is 0 Å². The first-order valence-corrected chi connectivity index (χ1v) is 7.17. The highest BCUT2D eigenvalue weighted by molar-refractivity contribution is 4.98. The topological polar surface area (TPSA) is 3.24 Å². The van der Waals surface area contributed by atoms with E-state index in [9.17, 15) is 0 Å². The summed E-state index contributed by atoms with van der Waals surface area (Å²) in [5, 5.41) is 0. The summed E-state index contributed by atoms with van der Waals surface area (Å²) in [6, 6.07) is 1.53. The van der Waals surface area contributed by atoms with Crippen LogP contribution in [0.2, 0.25) is 0 Å². The van der Waals surface area contributed by atoms with E-state index in [-0.39, 0.29) is 0 Å². The number of fused-ring (bicyclic) bond motifs is 1. The Hall–Kier alpha value is -0.0400. The van der Waals surface area contributed by atoms with Gasteiger partial charge in [-0.1, -0.05) is 33.6 Å². The molecule has 3 unspecified atom stereocenters. The van der Waals surface area contributed by atoms with E-state index in [1.807, 2.05) is 0 Å². The van der Waals surface area contributed by atoms with Crippen molar-refractivity contribution >= 4 is 0 Å². The molecule has 0 radical (unpaired) electrons. The predicted molar refractivity (Wildman–Crippen MR) is 70.5 cm³/mol. The third-order valence-electron chi connectivity index (χ3n) is 4.79. The fourth-order valence-electron chi connectivity index (χ4n) is 4.26. The molecule has 0 N–H and O–H groups in total. The molecule has 94 valence electrons. The molecule has 1 saturated heterocycles. The lowest BCUT2D eigenvalue weighted by Crippen LogP contribution is -2.56. The minimum atomic E-state index is 0.442. The number of likely N-dealkylation sites (tertiary alicyclic amines) is 1. The molecule has 1 heteroatoms. The van der Waals surface area contributed by atoms with Crippen molar-refractivity contribution in [2.45, 2.75) is 72.4 Å². The van der Waals surface area contributed by atoms with E-state index in [1.54, 1.807) is 0 Å². The zero-order chi connectivity index (χ0) is 11.9. The number of hydrogen-bond acceptors (Lipinski definition) is 1. The maximum absolute atomic E-state index is 2.78. The molecular weight excluding hydrogens is 194 g/mol. The molecule has 1 saturated carbocycles. The van der Waals surface area contributed by atoms with Crippen LogP contribution in [0.4, 0.5) is 0 Å². The number of piperidine rings is 1. The second-order valence-corrected chi connectivity index (χ2v) is 7.29. The van der Waals surface area contributed by atoms with E-state index < -0.39 is 0 Å². The molecule has 16 heavy (non-hydrogen) atoms. The zero-order valence-electron chi connectivity index (χ0n) is 11.8. The summed E-state index contributed by atoms with van der Waals surface area (Å²) in [5.41, 5.74) is 0.442. The smallest absolute Gasteiger partial charge is 0.0177 e. The van der Waals surface area contributed by atoms with Crippen molar-refractivity contribution in [2.75, 3.05) is 6.54 Å². The van der Waals surface area contributed by atoms with E-state index in [0.717, 1.165) is 17.9 Å². The van der Waals surface area contributed by atoms with Crippen molar-refractivity contribution in [1.29, 1.82) is 0 Å². The lowest BCUT2D eigenvalue weighted by molar-refractivity contribution is -0.0220. The average molecular weight is 223 g/mol. The van der Waals surface area contributed by atoms with E-state index >= 15 is 0 Å². The van der Waals surface area contributed by atoms with Crippen molar-refractivity contribution in [2.24, 2.45) is 17.3 Å². The fourth-order valence-corrected chi connectivity index (χ4v) is 4.26. The summed E-state index contributed by atoms with van der Waals surface area (Å²) in [5.74, 6) is 2.02. The molecule has 3 atom stereocenters. The number of nitrogens with zero attached hydrogens (tertiary/aromatic N) is 1. The molecule has 2 aliphatic rings. The highest BCUT2D eigenvalue weighted by Gasteiger charge is 2.45. The molecule has 1 nitrogen and oxygen atoms in total. The molecule has 0 aromatic rings. The Balaban J connectivity index is 2.22. The summed E-state index contributed by atoms with van der Waals surface area (Å²) in [6.45, 7) is 13.4. The molecule has 0 amide bonds. The van der Waals surface area contributed by atoms with Crippen LogP contribution in [0.15, 0.2) is 0 Å². The minimum absolute atomic E-state index is 0.442. The second kappa shape index (κ2) is 4.33. The van der Waals surface area contributed by atoms with Crippen LogP contribution in [0.1, 0.15) is 60.3 Å². The first kappa shape index (κ1) is 12.4. The van der Waals surface area contributed by atoms with Gasteiger partial charge in [0, 0.05) is 12.1 Å². The van der Waals surface area contributed by atoms with Gasteiger partial charge in [-0.15, -0.1) is 0 Å². The Morgan fingerprint density at radius 1 is 1.06 bits per heavy atom. The van der Waals surface area contributed by atoms with Gasteiger partial charge < -0.3 is 0 Å². The Morgan fingerprint density at radius 2 is 1.75 bits per heavy atom. The van der Waals surface area contributed by atoms with Gasteiger partial charge >= 0.3 is 0 Å². The molecule has 2 fully saturated rings. The summed E-state index contributed by atoms with van der Waals surface area (Å²) < 4.78 is 0. The van der Waals surface area contributed by atoms with Gasteiger partial charge in [0.2, 0.25) is 0 Å². The van der Waals surface area contributed by atoms with Gasteiger partial charge in [0.25, 0.3) is 0 Å². The lowest BCUT2D eigenvalue weighted by atomic mass is 9.70. The maximum atomic E-state index is 2.78. The molecule has 1 aliphatic heterocycles. The van der Waals surface area contributed by atoms with Crippen LogP contribution in [0, 0.1) is 17.3 Å². The Kier molecular flexibility index (Phi) is 3.36. The van der Waals surface area contributed by atoms with Crippen molar-refractivity contribution in [3.05, 3.63) is 0 Å². The number of rotatable bonds is 1. The number of hydrogen-bond donors (Lipinski definition) is 0. The zero-order valence-corrected chi connectivity index (χ0v) is 11.8. The van der Waals surface area contributed by atoms with E-state index in [0.29, 0.717) is 11.5 Å². The Morgan fingerprint density at radius 3 is 2.31 bits per heavy atom. The third kappa shape index (κ3) is 2.16. The van der Waals surface area contributed by atoms with Crippen molar-refractivity contribution in [3.63, 3.8) is 0 Å². The largest absolute Gasteiger partial charge is 0.297 e. The van der Waals surface area contributed by atoms with E-state index in [1.165, 1.54) is 32.2 Å². The van der Waals surface area contributed by atoms with Crippen molar-refractivity contribution in [1.82, 2.24) is 4.90 Å². The van der Waals surface area contributed by atoms with Crippen molar-refractivity contribution in [3.8, 4) is 0 Å². The van der Waals surface area contributed by atoms with Crippen LogP contribution < -0.4 is 0 Å². The first-order chi connectivity index (χ1) is 7.41. The van der Waals surface area contributed by atoms with Crippen LogP contribution in [0.5, 0.6) is 0 Å². The van der Waals surface area contributed by atoms with Crippen molar-refractivity contribution < 1.29 is 0 Å². The van der Waals surface area contributed by atoms with Gasteiger partial charge in [-0.05, 0) is 50.5 Å². The van der Waals surface area contributed by atoms with Gasteiger partial charge in [-0.3, -0.25) is 4.90 Å². The SMILES string of the molecule is CC(C)N1CCC2CCCC2C1C(C)(C)C. The fraction of sp³-hybridized carbons (Fsp3) is 1.00. The predicted octanol–water partition coefficient (Wildman–Crippen LogP) is 3.93. The van der Waals surface area contributed by atoms with Crippen LogP contribution >= 0.6 is 0 Å². The molecule has 0 spiro atoms. The molecule has 1 heterocycles. The lowest BCUT2D eigenvalue weighted by Gasteiger charge is -2.51. The highest BCUT2D eigenvalue weighted by atomic mass is 15.2. The Bertz CT molecular complexity index is 236. The quantitative estimate of drug-likeness (QED) is 0.651. The van der Waals surface area contributed by atoms with Gasteiger partial charge in [0.15, 0.2) is 0 Å². The van der Waals surface area contributed by atoms with Gasteiger partial charge in [0.1, 0.15) is 0 Å². The Labute approximate surface area is 102 Å². The van der Waals surface area contributed by atoms with Crippen LogP contribution in [-0.4, -0.2) is 23.5 Å². The molecule has 0 aromatic heterocycles. The van der Waals surface area contributed by atoms with Crippen LogP contribution in [-0.2, 0) is 0 Å². The molecule has 1 aliphatic carbocycles. The normalized spacial score (nSPS) is 36.8.